The summed E-state index contributed by atoms with van der Waals surface area (Å²) >= 11 is 0. The molecule has 2 aromatic rings. The smallest absolute Gasteiger partial charge is 0.182 e. The number of hydrogen-bond donors (Lipinski definition) is 2. The molecule has 6 heteroatoms. The van der Waals surface area contributed by atoms with Gasteiger partial charge in [-0.25, -0.2) is 8.78 Å². The number of aromatic nitrogens is 2. The Kier molecular flexibility index (Phi) is 2.92. The molecule has 2 aliphatic rings. The lowest BCUT2D eigenvalue weighted by Crippen LogP contribution is -2.52. The predicted octanol–water partition coefficient (Wildman–Crippen LogP) is 2.30. The van der Waals surface area contributed by atoms with Crippen LogP contribution in [0.4, 0.5) is 14.5 Å². The van der Waals surface area contributed by atoms with Crippen molar-refractivity contribution < 1.29 is 8.78 Å². The highest BCUT2D eigenvalue weighted by Crippen LogP contribution is 2.37. The van der Waals surface area contributed by atoms with Gasteiger partial charge in [0.2, 0.25) is 0 Å². The molecular weight excluding hydrogens is 274 g/mol. The summed E-state index contributed by atoms with van der Waals surface area (Å²) < 4.78 is 28.9. The number of rotatable bonds is 2. The molecule has 110 valence electrons. The molecule has 4 nitrogen and oxygen atoms in total. The standard InChI is InChI=1S/C15H16F2N4/c16-14-12(9-5-19-20-6-9)3-4-13(15(14)17)21-10-1-2-11(21)8-18-7-10/h3-6,10-11,18H,1-2,7-8H2,(H,19,20). The Morgan fingerprint density at radius 3 is 2.52 bits per heavy atom. The molecule has 3 heterocycles. The molecule has 0 aliphatic carbocycles. The third-order valence-electron chi connectivity index (χ3n) is 4.53. The van der Waals surface area contributed by atoms with E-state index in [4.69, 9.17) is 0 Å². The van der Waals surface area contributed by atoms with Crippen molar-refractivity contribution >= 4 is 5.69 Å². The van der Waals surface area contributed by atoms with E-state index in [1.165, 1.54) is 6.20 Å². The minimum atomic E-state index is -0.799. The van der Waals surface area contributed by atoms with Gasteiger partial charge in [-0.3, -0.25) is 5.10 Å². The largest absolute Gasteiger partial charge is 0.361 e. The van der Waals surface area contributed by atoms with Gasteiger partial charge in [-0.05, 0) is 25.0 Å². The number of fused-ring (bicyclic) bond motifs is 2. The van der Waals surface area contributed by atoms with Gasteiger partial charge in [-0.2, -0.15) is 5.10 Å². The molecule has 0 radical (unpaired) electrons. The van der Waals surface area contributed by atoms with Crippen LogP contribution < -0.4 is 10.2 Å². The van der Waals surface area contributed by atoms with Crippen molar-refractivity contribution in [2.75, 3.05) is 18.0 Å². The van der Waals surface area contributed by atoms with Gasteiger partial charge in [0, 0.05) is 42.5 Å². The van der Waals surface area contributed by atoms with Crippen LogP contribution in [0.5, 0.6) is 0 Å². The van der Waals surface area contributed by atoms with E-state index in [1.807, 2.05) is 4.90 Å². The molecule has 21 heavy (non-hydrogen) atoms. The Morgan fingerprint density at radius 2 is 1.86 bits per heavy atom. The first kappa shape index (κ1) is 12.8. The first-order chi connectivity index (χ1) is 10.3. The van der Waals surface area contributed by atoms with Crippen molar-refractivity contribution in [1.82, 2.24) is 15.5 Å². The molecule has 2 atom stereocenters. The highest BCUT2D eigenvalue weighted by molar-refractivity contribution is 5.67. The van der Waals surface area contributed by atoms with Crippen molar-refractivity contribution in [2.24, 2.45) is 0 Å². The van der Waals surface area contributed by atoms with Crippen LogP contribution in [0, 0.1) is 11.6 Å². The zero-order chi connectivity index (χ0) is 14.4. The molecule has 0 spiro atoms. The molecule has 2 bridgehead atoms. The van der Waals surface area contributed by atoms with Crippen LogP contribution in [0.15, 0.2) is 24.5 Å². The molecule has 1 aromatic heterocycles. The van der Waals surface area contributed by atoms with Crippen LogP contribution in [-0.2, 0) is 0 Å². The molecule has 2 unspecified atom stereocenters. The first-order valence-electron chi connectivity index (χ1n) is 7.22. The van der Waals surface area contributed by atoms with E-state index in [0.29, 0.717) is 11.3 Å². The number of benzene rings is 1. The molecule has 2 N–H and O–H groups in total. The number of hydrogen-bond acceptors (Lipinski definition) is 3. The Morgan fingerprint density at radius 1 is 1.10 bits per heavy atom. The minimum absolute atomic E-state index is 0.243. The van der Waals surface area contributed by atoms with Crippen LogP contribution in [-0.4, -0.2) is 35.4 Å². The van der Waals surface area contributed by atoms with Gasteiger partial charge in [0.1, 0.15) is 0 Å². The number of halogens is 2. The van der Waals surface area contributed by atoms with Gasteiger partial charge in [0.15, 0.2) is 11.6 Å². The van der Waals surface area contributed by atoms with Gasteiger partial charge >= 0.3 is 0 Å². The summed E-state index contributed by atoms with van der Waals surface area (Å²) in [7, 11) is 0. The number of nitrogens with one attached hydrogen (secondary N) is 2. The summed E-state index contributed by atoms with van der Waals surface area (Å²) in [4.78, 5) is 2.05. The molecule has 2 fully saturated rings. The Hall–Kier alpha value is -1.95. The SMILES string of the molecule is Fc1c(-c2cn[nH]c2)ccc(N2C3CCC2CNC3)c1F. The quantitative estimate of drug-likeness (QED) is 0.892. The van der Waals surface area contributed by atoms with Crippen LogP contribution in [0.2, 0.25) is 0 Å². The summed E-state index contributed by atoms with van der Waals surface area (Å²) in [6.07, 6.45) is 5.11. The number of nitrogens with zero attached hydrogens (tertiary/aromatic N) is 2. The lowest BCUT2D eigenvalue weighted by molar-refractivity contribution is 0.462. The molecular formula is C15H16F2N4. The molecule has 0 amide bonds. The fraction of sp³-hybridized carbons (Fsp3) is 0.400. The molecule has 1 aromatic carbocycles. The van der Waals surface area contributed by atoms with Crippen molar-refractivity contribution in [3.8, 4) is 11.1 Å². The van der Waals surface area contributed by atoms with Gasteiger partial charge in [-0.1, -0.05) is 0 Å². The number of aromatic amines is 1. The Balaban J connectivity index is 1.76. The maximum absolute atomic E-state index is 14.5. The van der Waals surface area contributed by atoms with Crippen molar-refractivity contribution in [3.63, 3.8) is 0 Å². The zero-order valence-corrected chi connectivity index (χ0v) is 11.4. The molecule has 2 saturated heterocycles. The highest BCUT2D eigenvalue weighted by Gasteiger charge is 2.38. The third kappa shape index (κ3) is 1.93. The Labute approximate surface area is 121 Å². The maximum Gasteiger partial charge on any atom is 0.182 e. The van der Waals surface area contributed by atoms with Gasteiger partial charge in [0.25, 0.3) is 0 Å². The highest BCUT2D eigenvalue weighted by atomic mass is 19.2. The summed E-state index contributed by atoms with van der Waals surface area (Å²) in [5, 5.41) is 9.75. The zero-order valence-electron chi connectivity index (χ0n) is 11.4. The number of anilines is 1. The van der Waals surface area contributed by atoms with E-state index in [2.05, 4.69) is 15.5 Å². The van der Waals surface area contributed by atoms with E-state index >= 15 is 0 Å². The summed E-state index contributed by atoms with van der Waals surface area (Å²) in [5.74, 6) is -1.56. The fourth-order valence-electron chi connectivity index (χ4n) is 3.53. The van der Waals surface area contributed by atoms with E-state index < -0.39 is 11.6 Å². The Bertz CT molecular complexity index is 640. The van der Waals surface area contributed by atoms with Crippen molar-refractivity contribution in [1.29, 1.82) is 0 Å². The van der Waals surface area contributed by atoms with Crippen molar-refractivity contribution in [3.05, 3.63) is 36.2 Å². The monoisotopic (exact) mass is 290 g/mol. The van der Waals surface area contributed by atoms with Crippen LogP contribution >= 0.6 is 0 Å². The first-order valence-corrected chi connectivity index (χ1v) is 7.22. The lowest BCUT2D eigenvalue weighted by atomic mass is 10.1. The average molecular weight is 290 g/mol. The van der Waals surface area contributed by atoms with Crippen molar-refractivity contribution in [2.45, 2.75) is 24.9 Å². The average Bonchev–Trinajstić information content (AvgIpc) is 3.09. The van der Waals surface area contributed by atoms with E-state index in [1.54, 1.807) is 18.3 Å². The van der Waals surface area contributed by atoms with E-state index in [9.17, 15) is 8.78 Å². The summed E-state index contributed by atoms with van der Waals surface area (Å²) in [5.41, 5.74) is 1.18. The predicted molar refractivity (Wildman–Crippen MR) is 76.1 cm³/mol. The van der Waals surface area contributed by atoms with Crippen LogP contribution in [0.25, 0.3) is 11.1 Å². The van der Waals surface area contributed by atoms with Gasteiger partial charge < -0.3 is 10.2 Å². The van der Waals surface area contributed by atoms with E-state index in [0.717, 1.165) is 25.9 Å². The van der Waals surface area contributed by atoms with Crippen LogP contribution in [0.3, 0.4) is 0 Å². The number of piperazine rings is 1. The van der Waals surface area contributed by atoms with Crippen LogP contribution in [0.1, 0.15) is 12.8 Å². The molecule has 0 saturated carbocycles. The topological polar surface area (TPSA) is 44.0 Å². The lowest BCUT2D eigenvalue weighted by Gasteiger charge is -2.37. The summed E-state index contributed by atoms with van der Waals surface area (Å²) in [6, 6.07) is 3.85. The minimum Gasteiger partial charge on any atom is -0.361 e. The molecule has 2 aliphatic heterocycles. The fourth-order valence-corrected chi connectivity index (χ4v) is 3.53. The maximum atomic E-state index is 14.5. The summed E-state index contributed by atoms with van der Waals surface area (Å²) in [6.45, 7) is 1.67. The van der Waals surface area contributed by atoms with E-state index in [-0.39, 0.29) is 17.6 Å². The van der Waals surface area contributed by atoms with Gasteiger partial charge in [0.05, 0.1) is 11.9 Å². The number of H-pyrrole nitrogens is 1. The normalized spacial score (nSPS) is 24.6. The molecule has 4 rings (SSSR count). The second-order valence-corrected chi connectivity index (χ2v) is 5.70. The third-order valence-corrected chi connectivity index (χ3v) is 4.53. The second kappa shape index (κ2) is 4.80. The second-order valence-electron chi connectivity index (χ2n) is 5.70. The van der Waals surface area contributed by atoms with Gasteiger partial charge in [-0.15, -0.1) is 0 Å².